The van der Waals surface area contributed by atoms with Gasteiger partial charge in [-0.05, 0) is 44.0 Å². The van der Waals surface area contributed by atoms with E-state index in [0.29, 0.717) is 18.6 Å². The van der Waals surface area contributed by atoms with Crippen molar-refractivity contribution in [1.82, 2.24) is 9.80 Å². The molecule has 0 aliphatic carbocycles. The van der Waals surface area contributed by atoms with Gasteiger partial charge in [0.25, 0.3) is 0 Å². The molecule has 3 unspecified atom stereocenters. The molecule has 2 heterocycles. The Kier molecular flexibility index (Phi) is 4.32. The number of likely N-dealkylation sites (N-methyl/N-ethyl adjacent to an activating group) is 1. The molecule has 1 aromatic carbocycles. The maximum Gasteiger partial charge on any atom is 0.0471 e. The van der Waals surface area contributed by atoms with Crippen LogP contribution in [0.1, 0.15) is 30.9 Å². The van der Waals surface area contributed by atoms with Crippen molar-refractivity contribution in [2.24, 2.45) is 5.73 Å². The van der Waals surface area contributed by atoms with Gasteiger partial charge in [-0.1, -0.05) is 23.7 Å². The maximum absolute atomic E-state index is 6.14. The molecule has 3 rings (SSSR count). The Hall–Kier alpha value is -0.610. The molecule has 0 radical (unpaired) electrons. The Balaban J connectivity index is 1.79. The number of nitrogens with zero attached hydrogens (tertiary/aromatic N) is 2. The number of hydrogen-bond acceptors (Lipinski definition) is 3. The van der Waals surface area contributed by atoms with Crippen molar-refractivity contribution < 1.29 is 0 Å². The molecule has 2 bridgehead atoms. The fraction of sp³-hybridized carbons (Fsp3) is 0.625. The molecule has 0 spiro atoms. The van der Waals surface area contributed by atoms with Gasteiger partial charge in [0, 0.05) is 42.8 Å². The van der Waals surface area contributed by atoms with E-state index in [9.17, 15) is 0 Å². The summed E-state index contributed by atoms with van der Waals surface area (Å²) < 4.78 is 0. The van der Waals surface area contributed by atoms with Crippen LogP contribution in [0.3, 0.4) is 0 Å². The molecule has 3 atom stereocenters. The molecule has 20 heavy (non-hydrogen) atoms. The molecule has 4 heteroatoms. The standard InChI is InChI=1S/C16H24ClN3/c1-19-14-5-6-15(19)11-20(8-7-14)16(10-18)12-3-2-4-13(17)9-12/h2-4,9,14-16H,5-8,10-11,18H2,1H3. The second-order valence-corrected chi connectivity index (χ2v) is 6.58. The van der Waals surface area contributed by atoms with Crippen LogP contribution >= 0.6 is 11.6 Å². The summed E-state index contributed by atoms with van der Waals surface area (Å²) in [5, 5.41) is 0.800. The second kappa shape index (κ2) is 6.02. The lowest BCUT2D eigenvalue weighted by Crippen LogP contribution is -2.40. The van der Waals surface area contributed by atoms with Gasteiger partial charge in [-0.15, -0.1) is 0 Å². The SMILES string of the molecule is CN1C2CCC1CN(C(CN)c1cccc(Cl)c1)CC2. The van der Waals surface area contributed by atoms with Gasteiger partial charge < -0.3 is 5.73 Å². The van der Waals surface area contributed by atoms with E-state index >= 15 is 0 Å². The largest absolute Gasteiger partial charge is 0.329 e. The first-order chi connectivity index (χ1) is 9.69. The highest BCUT2D eigenvalue weighted by Crippen LogP contribution is 2.32. The zero-order chi connectivity index (χ0) is 14.1. The van der Waals surface area contributed by atoms with Crippen LogP contribution in [0, 0.1) is 0 Å². The van der Waals surface area contributed by atoms with Crippen LogP contribution in [-0.2, 0) is 0 Å². The predicted octanol–water partition coefficient (Wildman–Crippen LogP) is 2.51. The highest BCUT2D eigenvalue weighted by atomic mass is 35.5. The molecule has 0 saturated carbocycles. The van der Waals surface area contributed by atoms with Gasteiger partial charge in [0.05, 0.1) is 0 Å². The molecule has 110 valence electrons. The summed E-state index contributed by atoms with van der Waals surface area (Å²) in [5.41, 5.74) is 7.32. The van der Waals surface area contributed by atoms with E-state index in [-0.39, 0.29) is 0 Å². The number of rotatable bonds is 3. The molecule has 2 N–H and O–H groups in total. The topological polar surface area (TPSA) is 32.5 Å². The van der Waals surface area contributed by atoms with Crippen LogP contribution in [0.4, 0.5) is 0 Å². The predicted molar refractivity (Wildman–Crippen MR) is 84.0 cm³/mol. The minimum atomic E-state index is 0.293. The molecular weight excluding hydrogens is 270 g/mol. The van der Waals surface area contributed by atoms with Crippen molar-refractivity contribution >= 4 is 11.6 Å². The van der Waals surface area contributed by atoms with E-state index in [1.807, 2.05) is 12.1 Å². The molecular formula is C16H24ClN3. The van der Waals surface area contributed by atoms with Gasteiger partial charge in [0.2, 0.25) is 0 Å². The zero-order valence-corrected chi connectivity index (χ0v) is 12.9. The molecule has 0 amide bonds. The third kappa shape index (κ3) is 2.73. The second-order valence-electron chi connectivity index (χ2n) is 6.14. The Labute approximate surface area is 126 Å². The first kappa shape index (κ1) is 14.3. The highest BCUT2D eigenvalue weighted by molar-refractivity contribution is 6.30. The lowest BCUT2D eigenvalue weighted by atomic mass is 10.0. The van der Waals surface area contributed by atoms with Crippen LogP contribution < -0.4 is 5.73 Å². The van der Waals surface area contributed by atoms with Gasteiger partial charge in [0.15, 0.2) is 0 Å². The average molecular weight is 294 g/mol. The summed E-state index contributed by atoms with van der Waals surface area (Å²) in [6.45, 7) is 2.92. The van der Waals surface area contributed by atoms with Gasteiger partial charge in [-0.3, -0.25) is 9.80 Å². The first-order valence-electron chi connectivity index (χ1n) is 7.60. The molecule has 2 aliphatic rings. The van der Waals surface area contributed by atoms with Crippen molar-refractivity contribution in [3.8, 4) is 0 Å². The lowest BCUT2D eigenvalue weighted by molar-refractivity contribution is 0.175. The van der Waals surface area contributed by atoms with Crippen molar-refractivity contribution in [2.45, 2.75) is 37.4 Å². The number of hydrogen-bond donors (Lipinski definition) is 1. The van der Waals surface area contributed by atoms with Gasteiger partial charge >= 0.3 is 0 Å². The number of fused-ring (bicyclic) bond motifs is 2. The lowest BCUT2D eigenvalue weighted by Gasteiger charge is -2.33. The van der Waals surface area contributed by atoms with E-state index in [1.165, 1.54) is 24.8 Å². The Morgan fingerprint density at radius 3 is 2.85 bits per heavy atom. The average Bonchev–Trinajstić information content (AvgIpc) is 2.67. The van der Waals surface area contributed by atoms with E-state index in [2.05, 4.69) is 29.0 Å². The van der Waals surface area contributed by atoms with Crippen molar-refractivity contribution in [3.05, 3.63) is 34.9 Å². The first-order valence-corrected chi connectivity index (χ1v) is 7.98. The Morgan fingerprint density at radius 1 is 1.30 bits per heavy atom. The summed E-state index contributed by atoms with van der Waals surface area (Å²) >= 11 is 6.14. The summed E-state index contributed by atoms with van der Waals surface area (Å²) in [6.07, 6.45) is 3.94. The minimum absolute atomic E-state index is 0.293. The Morgan fingerprint density at radius 2 is 2.10 bits per heavy atom. The van der Waals surface area contributed by atoms with Crippen LogP contribution in [0.2, 0.25) is 5.02 Å². The monoisotopic (exact) mass is 293 g/mol. The summed E-state index contributed by atoms with van der Waals surface area (Å²) in [4.78, 5) is 5.14. The minimum Gasteiger partial charge on any atom is -0.329 e. The fourth-order valence-corrected chi connectivity index (χ4v) is 4.03. The van der Waals surface area contributed by atoms with Crippen molar-refractivity contribution in [3.63, 3.8) is 0 Å². The third-order valence-electron chi connectivity index (χ3n) is 5.08. The van der Waals surface area contributed by atoms with Crippen molar-refractivity contribution in [1.29, 1.82) is 0 Å². The van der Waals surface area contributed by atoms with Crippen LogP contribution in [0.5, 0.6) is 0 Å². The molecule has 0 aromatic heterocycles. The highest BCUT2D eigenvalue weighted by Gasteiger charge is 2.36. The van der Waals surface area contributed by atoms with E-state index in [1.54, 1.807) is 0 Å². The van der Waals surface area contributed by atoms with Crippen LogP contribution in [0.15, 0.2) is 24.3 Å². The summed E-state index contributed by atoms with van der Waals surface area (Å²) in [6, 6.07) is 9.91. The molecule has 3 nitrogen and oxygen atoms in total. The summed E-state index contributed by atoms with van der Waals surface area (Å²) in [7, 11) is 2.28. The normalized spacial score (nSPS) is 29.4. The maximum atomic E-state index is 6.14. The third-order valence-corrected chi connectivity index (χ3v) is 5.31. The number of nitrogens with two attached hydrogens (primary N) is 1. The van der Waals surface area contributed by atoms with Gasteiger partial charge in [0.1, 0.15) is 0 Å². The molecule has 2 fully saturated rings. The van der Waals surface area contributed by atoms with E-state index in [0.717, 1.165) is 24.2 Å². The quantitative estimate of drug-likeness (QED) is 0.929. The number of likely N-dealkylation sites (tertiary alicyclic amines) is 1. The smallest absolute Gasteiger partial charge is 0.0471 e. The van der Waals surface area contributed by atoms with Crippen molar-refractivity contribution in [2.75, 3.05) is 26.7 Å². The van der Waals surface area contributed by atoms with Crippen LogP contribution in [0.25, 0.3) is 0 Å². The number of halogens is 1. The Bertz CT molecular complexity index is 465. The zero-order valence-electron chi connectivity index (χ0n) is 12.1. The van der Waals surface area contributed by atoms with E-state index in [4.69, 9.17) is 17.3 Å². The van der Waals surface area contributed by atoms with Gasteiger partial charge in [-0.25, -0.2) is 0 Å². The fourth-order valence-electron chi connectivity index (χ4n) is 3.83. The number of benzene rings is 1. The summed E-state index contributed by atoms with van der Waals surface area (Å²) in [5.74, 6) is 0. The van der Waals surface area contributed by atoms with E-state index < -0.39 is 0 Å². The van der Waals surface area contributed by atoms with Gasteiger partial charge in [-0.2, -0.15) is 0 Å². The molecule has 1 aromatic rings. The molecule has 2 saturated heterocycles. The van der Waals surface area contributed by atoms with Crippen LogP contribution in [-0.4, -0.2) is 48.6 Å². The molecule has 2 aliphatic heterocycles.